The number of halogens is 1. The predicted octanol–water partition coefficient (Wildman–Crippen LogP) is 5.01. The maximum Gasteiger partial charge on any atom is 0.321 e. The number of nitrogens with one attached hydrogen (secondary N) is 1. The van der Waals surface area contributed by atoms with Gasteiger partial charge in [-0.2, -0.15) is 4.98 Å². The topological polar surface area (TPSA) is 71.3 Å². The van der Waals surface area contributed by atoms with Crippen LogP contribution in [0.2, 0.25) is 0 Å². The van der Waals surface area contributed by atoms with Gasteiger partial charge in [-0.25, -0.2) is 9.18 Å². The van der Waals surface area contributed by atoms with Gasteiger partial charge in [-0.05, 0) is 61.6 Å². The number of hydrogen-bond acceptors (Lipinski definition) is 5. The second-order valence-corrected chi connectivity index (χ2v) is 7.77. The molecule has 0 aliphatic carbocycles. The van der Waals surface area contributed by atoms with Crippen LogP contribution in [-0.4, -0.2) is 40.4 Å². The third kappa shape index (κ3) is 4.59. The number of nitrogens with zero attached hydrogens (tertiary/aromatic N) is 3. The summed E-state index contributed by atoms with van der Waals surface area (Å²) in [5.41, 5.74) is 1.51. The van der Waals surface area contributed by atoms with E-state index in [1.807, 2.05) is 30.5 Å². The molecule has 3 aromatic rings. The van der Waals surface area contributed by atoms with E-state index < -0.39 is 0 Å². The Morgan fingerprint density at radius 2 is 1.97 bits per heavy atom. The van der Waals surface area contributed by atoms with Gasteiger partial charge in [-0.3, -0.25) is 0 Å². The lowest BCUT2D eigenvalue weighted by atomic mass is 9.97. The van der Waals surface area contributed by atoms with Crippen LogP contribution in [0.15, 0.2) is 57.9 Å². The lowest BCUT2D eigenvalue weighted by molar-refractivity contribution is 0.187. The number of benzene rings is 2. The molecule has 0 spiro atoms. The van der Waals surface area contributed by atoms with Crippen molar-refractivity contribution in [2.45, 2.75) is 23.7 Å². The van der Waals surface area contributed by atoms with Crippen LogP contribution < -0.4 is 5.32 Å². The molecule has 29 heavy (non-hydrogen) atoms. The first-order valence-corrected chi connectivity index (χ1v) is 10.6. The Kier molecular flexibility index (Phi) is 5.80. The summed E-state index contributed by atoms with van der Waals surface area (Å²) in [7, 11) is 0. The smallest absolute Gasteiger partial charge is 0.321 e. The van der Waals surface area contributed by atoms with Gasteiger partial charge in [0.2, 0.25) is 11.7 Å². The number of anilines is 1. The predicted molar refractivity (Wildman–Crippen MR) is 110 cm³/mol. The minimum Gasteiger partial charge on any atom is -0.339 e. The Labute approximate surface area is 172 Å². The number of likely N-dealkylation sites (tertiary alicyclic amines) is 1. The molecule has 1 aromatic heterocycles. The minimum atomic E-state index is -0.303. The largest absolute Gasteiger partial charge is 0.339 e. The van der Waals surface area contributed by atoms with E-state index in [1.165, 1.54) is 12.1 Å². The monoisotopic (exact) mass is 412 g/mol. The van der Waals surface area contributed by atoms with Crippen molar-refractivity contribution in [3.63, 3.8) is 0 Å². The first-order chi connectivity index (χ1) is 14.1. The number of thioether (sulfide) groups is 1. The lowest BCUT2D eigenvalue weighted by Gasteiger charge is -2.30. The Morgan fingerprint density at radius 1 is 1.21 bits per heavy atom. The molecule has 0 saturated carbocycles. The molecule has 1 aliphatic rings. The van der Waals surface area contributed by atoms with Gasteiger partial charge in [0.25, 0.3) is 0 Å². The quantitative estimate of drug-likeness (QED) is 0.610. The Hall–Kier alpha value is -2.87. The highest BCUT2D eigenvalue weighted by atomic mass is 32.2. The van der Waals surface area contributed by atoms with Gasteiger partial charge in [-0.15, -0.1) is 11.8 Å². The second-order valence-electron chi connectivity index (χ2n) is 6.89. The van der Waals surface area contributed by atoms with Crippen LogP contribution in [0.3, 0.4) is 0 Å². The molecule has 6 nitrogen and oxygen atoms in total. The van der Waals surface area contributed by atoms with Gasteiger partial charge in [0.05, 0.1) is 0 Å². The van der Waals surface area contributed by atoms with Crippen LogP contribution in [0.1, 0.15) is 24.7 Å². The van der Waals surface area contributed by atoms with Crippen LogP contribution in [0.4, 0.5) is 14.9 Å². The number of amides is 2. The number of carbonyl (C=O) groups excluding carboxylic acids is 1. The molecule has 0 radical (unpaired) electrons. The van der Waals surface area contributed by atoms with Crippen molar-refractivity contribution in [2.24, 2.45) is 0 Å². The van der Waals surface area contributed by atoms with Gasteiger partial charge >= 0.3 is 6.03 Å². The maximum atomic E-state index is 13.1. The summed E-state index contributed by atoms with van der Waals surface area (Å²) < 4.78 is 18.5. The average molecular weight is 412 g/mol. The second kappa shape index (κ2) is 8.65. The zero-order valence-electron chi connectivity index (χ0n) is 16.0. The third-order valence-corrected chi connectivity index (χ3v) is 5.72. The fraction of sp³-hybridized carbons (Fsp3) is 0.286. The number of urea groups is 1. The van der Waals surface area contributed by atoms with E-state index >= 15 is 0 Å². The molecule has 2 amide bonds. The molecule has 150 valence electrons. The fourth-order valence-corrected chi connectivity index (χ4v) is 3.81. The van der Waals surface area contributed by atoms with E-state index in [4.69, 9.17) is 4.52 Å². The molecule has 2 heterocycles. The highest BCUT2D eigenvalue weighted by Gasteiger charge is 2.27. The summed E-state index contributed by atoms with van der Waals surface area (Å²) in [5.74, 6) is 0.828. The summed E-state index contributed by atoms with van der Waals surface area (Å²) >= 11 is 1.64. The average Bonchev–Trinajstić information content (AvgIpc) is 3.25. The molecule has 8 heteroatoms. The Balaban J connectivity index is 1.34. The zero-order chi connectivity index (χ0) is 20.2. The summed E-state index contributed by atoms with van der Waals surface area (Å²) in [6.45, 7) is 1.24. The van der Waals surface area contributed by atoms with Crippen LogP contribution in [0.5, 0.6) is 0 Å². The minimum absolute atomic E-state index is 0.0979. The number of carbonyl (C=O) groups is 1. The number of rotatable bonds is 4. The first-order valence-electron chi connectivity index (χ1n) is 9.42. The molecule has 2 aromatic carbocycles. The van der Waals surface area contributed by atoms with Crippen LogP contribution in [0, 0.1) is 5.82 Å². The molecular formula is C21H21FN4O2S. The first kappa shape index (κ1) is 19.4. The van der Waals surface area contributed by atoms with Gasteiger partial charge in [-0.1, -0.05) is 11.2 Å². The van der Waals surface area contributed by atoms with E-state index in [0.717, 1.165) is 23.4 Å². The van der Waals surface area contributed by atoms with Crippen LogP contribution in [-0.2, 0) is 0 Å². The Bertz CT molecular complexity index is 984. The van der Waals surface area contributed by atoms with E-state index in [2.05, 4.69) is 15.5 Å². The van der Waals surface area contributed by atoms with Gasteiger partial charge in [0, 0.05) is 35.2 Å². The van der Waals surface area contributed by atoms with Crippen molar-refractivity contribution in [1.29, 1.82) is 0 Å². The van der Waals surface area contributed by atoms with E-state index in [0.29, 0.717) is 30.4 Å². The SMILES string of the molecule is CSc1cccc(NC(=O)N2CCC(c3nc(-c4ccc(F)cc4)no3)CC2)c1. The molecule has 0 unspecified atom stereocenters. The summed E-state index contributed by atoms with van der Waals surface area (Å²) in [5, 5.41) is 6.98. The van der Waals surface area contributed by atoms with Crippen LogP contribution in [0.25, 0.3) is 11.4 Å². The number of hydrogen-bond donors (Lipinski definition) is 1. The van der Waals surface area contributed by atoms with Gasteiger partial charge in [0.15, 0.2) is 0 Å². The summed E-state index contributed by atoms with van der Waals surface area (Å²) in [4.78, 5) is 19.9. The number of piperidine rings is 1. The fourth-order valence-electron chi connectivity index (χ4n) is 3.35. The molecule has 0 atom stereocenters. The molecule has 1 N–H and O–H groups in total. The third-order valence-electron chi connectivity index (χ3n) is 5.00. The summed E-state index contributed by atoms with van der Waals surface area (Å²) in [6.07, 6.45) is 3.51. The van der Waals surface area contributed by atoms with E-state index in [-0.39, 0.29) is 17.8 Å². The molecular weight excluding hydrogens is 391 g/mol. The Morgan fingerprint density at radius 3 is 2.69 bits per heavy atom. The zero-order valence-corrected chi connectivity index (χ0v) is 16.8. The molecule has 0 bridgehead atoms. The maximum absolute atomic E-state index is 13.1. The highest BCUT2D eigenvalue weighted by molar-refractivity contribution is 7.98. The highest BCUT2D eigenvalue weighted by Crippen LogP contribution is 2.29. The molecule has 1 aliphatic heterocycles. The molecule has 1 fully saturated rings. The van der Waals surface area contributed by atoms with E-state index in [1.54, 1.807) is 28.8 Å². The van der Waals surface area contributed by atoms with Gasteiger partial charge in [0.1, 0.15) is 5.82 Å². The summed E-state index contributed by atoms with van der Waals surface area (Å²) in [6, 6.07) is 13.7. The molecule has 1 saturated heterocycles. The van der Waals surface area contributed by atoms with Crippen molar-refractivity contribution in [1.82, 2.24) is 15.0 Å². The standard InChI is InChI=1S/C21H21FN4O2S/c1-29-18-4-2-3-17(13-18)23-21(27)26-11-9-15(10-12-26)20-24-19(25-28-20)14-5-7-16(22)8-6-14/h2-8,13,15H,9-12H2,1H3,(H,23,27). The molecule has 4 rings (SSSR count). The van der Waals surface area contributed by atoms with Crippen molar-refractivity contribution >= 4 is 23.5 Å². The van der Waals surface area contributed by atoms with Crippen molar-refractivity contribution < 1.29 is 13.7 Å². The van der Waals surface area contributed by atoms with Crippen molar-refractivity contribution in [2.75, 3.05) is 24.7 Å². The number of aromatic nitrogens is 2. The lowest BCUT2D eigenvalue weighted by Crippen LogP contribution is -2.40. The van der Waals surface area contributed by atoms with Crippen molar-refractivity contribution in [3.8, 4) is 11.4 Å². The normalized spacial score (nSPS) is 14.8. The van der Waals surface area contributed by atoms with E-state index in [9.17, 15) is 9.18 Å². The van der Waals surface area contributed by atoms with Crippen LogP contribution >= 0.6 is 11.8 Å². The van der Waals surface area contributed by atoms with Crippen molar-refractivity contribution in [3.05, 3.63) is 60.2 Å². The van der Waals surface area contributed by atoms with Gasteiger partial charge < -0.3 is 14.7 Å².